The Morgan fingerprint density at radius 3 is 2.63 bits per heavy atom. The van der Waals surface area contributed by atoms with Crippen molar-refractivity contribution < 1.29 is 15.0 Å². The zero-order valence-corrected chi connectivity index (χ0v) is 18.6. The van der Waals surface area contributed by atoms with Crippen LogP contribution in [0.3, 0.4) is 0 Å². The summed E-state index contributed by atoms with van der Waals surface area (Å²) < 4.78 is 0. The minimum absolute atomic E-state index is 0.0754. The van der Waals surface area contributed by atoms with Gasteiger partial charge in [0.05, 0.1) is 12.2 Å². The lowest BCUT2D eigenvalue weighted by atomic mass is 9.44. The second kappa shape index (κ2) is 7.13. The number of ketones is 1. The maximum atomic E-state index is 13.9. The van der Waals surface area contributed by atoms with Crippen molar-refractivity contribution in [2.75, 3.05) is 0 Å². The molecule has 3 fully saturated rings. The highest BCUT2D eigenvalue weighted by Gasteiger charge is 2.68. The van der Waals surface area contributed by atoms with E-state index < -0.39 is 23.0 Å². The van der Waals surface area contributed by atoms with Crippen LogP contribution >= 0.6 is 0 Å². The van der Waals surface area contributed by atoms with Crippen LogP contribution in [0.15, 0.2) is 42.8 Å². The van der Waals surface area contributed by atoms with Crippen LogP contribution in [0.5, 0.6) is 0 Å². The number of carbonyl (C=O) groups is 1. The summed E-state index contributed by atoms with van der Waals surface area (Å²) in [5, 5.41) is 23.0. The Hall–Kier alpha value is -1.78. The van der Waals surface area contributed by atoms with Crippen LogP contribution in [0.1, 0.15) is 58.9 Å². The highest BCUT2D eigenvalue weighted by atomic mass is 16.3. The number of aliphatic hydroxyl groups is 2. The molecule has 1 heterocycles. The van der Waals surface area contributed by atoms with E-state index in [-0.39, 0.29) is 29.0 Å². The van der Waals surface area contributed by atoms with Gasteiger partial charge >= 0.3 is 0 Å². The molecule has 0 radical (unpaired) electrons. The van der Waals surface area contributed by atoms with E-state index in [0.29, 0.717) is 12.8 Å². The van der Waals surface area contributed by atoms with Gasteiger partial charge < -0.3 is 10.2 Å². The lowest BCUT2D eigenvalue weighted by Crippen LogP contribution is -2.62. The average molecular weight is 410 g/mol. The quantitative estimate of drug-likeness (QED) is 0.560. The van der Waals surface area contributed by atoms with Crippen molar-refractivity contribution in [2.24, 2.45) is 34.0 Å². The van der Waals surface area contributed by atoms with Gasteiger partial charge in [0.25, 0.3) is 0 Å². The van der Waals surface area contributed by atoms with Crippen LogP contribution in [-0.4, -0.2) is 33.2 Å². The highest BCUT2D eigenvalue weighted by molar-refractivity contribution is 6.04. The molecule has 3 saturated carbocycles. The maximum absolute atomic E-state index is 13.9. The van der Waals surface area contributed by atoms with Gasteiger partial charge in [-0.25, -0.2) is 0 Å². The normalized spacial score (nSPS) is 47.5. The molecule has 3 aliphatic carbocycles. The summed E-state index contributed by atoms with van der Waals surface area (Å²) in [4.78, 5) is 18.1. The van der Waals surface area contributed by atoms with Crippen LogP contribution in [0.2, 0.25) is 0 Å². The van der Waals surface area contributed by atoms with Crippen molar-refractivity contribution in [3.8, 4) is 0 Å². The van der Waals surface area contributed by atoms with Crippen molar-refractivity contribution in [2.45, 2.75) is 65.6 Å². The molecule has 4 nitrogen and oxygen atoms in total. The van der Waals surface area contributed by atoms with E-state index in [0.717, 1.165) is 24.0 Å². The molecular weight excluding hydrogens is 374 g/mol. The number of aromatic nitrogens is 1. The third kappa shape index (κ3) is 2.80. The topological polar surface area (TPSA) is 70.4 Å². The number of hydrogen-bond acceptors (Lipinski definition) is 4. The Morgan fingerprint density at radius 2 is 2.00 bits per heavy atom. The van der Waals surface area contributed by atoms with E-state index in [9.17, 15) is 15.0 Å². The predicted octanol–water partition coefficient (Wildman–Crippen LogP) is 4.43. The Balaban J connectivity index is 1.90. The molecule has 30 heavy (non-hydrogen) atoms. The molecule has 8 atom stereocenters. The minimum Gasteiger partial charge on any atom is -0.392 e. The average Bonchev–Trinajstić information content (AvgIpc) is 3.03. The SMILES string of the molecule is C=C[C@]1(C)C[C@@H](O)[C@]2(C)[C@H](C)CC[C@]3(C/C(=C\c4cccnc4)C(=O)[C@H]32)[C@@H](C)[C@@H]1O. The second-order valence-electron chi connectivity index (χ2n) is 10.6. The first-order valence-corrected chi connectivity index (χ1v) is 11.2. The number of allylic oxidation sites excluding steroid dienone is 1. The summed E-state index contributed by atoms with van der Waals surface area (Å²) in [5.41, 5.74) is 0.259. The molecule has 0 aliphatic heterocycles. The highest BCUT2D eigenvalue weighted by Crippen LogP contribution is 2.68. The summed E-state index contributed by atoms with van der Waals surface area (Å²) >= 11 is 0. The minimum atomic E-state index is -0.677. The van der Waals surface area contributed by atoms with E-state index >= 15 is 0 Å². The van der Waals surface area contributed by atoms with Gasteiger partial charge in [0, 0.05) is 29.1 Å². The van der Waals surface area contributed by atoms with E-state index in [2.05, 4.69) is 32.3 Å². The molecular formula is C26H35NO3. The number of pyridine rings is 1. The monoisotopic (exact) mass is 409 g/mol. The summed E-state index contributed by atoms with van der Waals surface area (Å²) in [5.74, 6) is 0.0105. The predicted molar refractivity (Wildman–Crippen MR) is 118 cm³/mol. The number of carbonyl (C=O) groups excluding carboxylic acids is 1. The summed E-state index contributed by atoms with van der Waals surface area (Å²) in [6.07, 6.45) is 8.86. The summed E-state index contributed by atoms with van der Waals surface area (Å²) in [7, 11) is 0. The van der Waals surface area contributed by atoms with Crippen molar-refractivity contribution in [3.63, 3.8) is 0 Å². The molecule has 3 aliphatic rings. The summed E-state index contributed by atoms with van der Waals surface area (Å²) in [6, 6.07) is 3.84. The fourth-order valence-electron chi connectivity index (χ4n) is 7.01. The van der Waals surface area contributed by atoms with Crippen molar-refractivity contribution in [1.29, 1.82) is 0 Å². The van der Waals surface area contributed by atoms with Crippen LogP contribution in [0, 0.1) is 34.0 Å². The van der Waals surface area contributed by atoms with Crippen LogP contribution in [0.25, 0.3) is 6.08 Å². The fourth-order valence-corrected chi connectivity index (χ4v) is 7.01. The number of aliphatic hydroxyl groups excluding tert-OH is 2. The Kier molecular flexibility index (Phi) is 5.10. The molecule has 2 N–H and O–H groups in total. The molecule has 0 spiro atoms. The van der Waals surface area contributed by atoms with Gasteiger partial charge in [0.2, 0.25) is 0 Å². The van der Waals surface area contributed by atoms with E-state index in [1.165, 1.54) is 0 Å². The van der Waals surface area contributed by atoms with Crippen LogP contribution in [-0.2, 0) is 4.79 Å². The molecule has 162 valence electrons. The number of nitrogens with zero attached hydrogens (tertiary/aromatic N) is 1. The number of Topliss-reactive ketones (excluding diaryl/α,β-unsaturated/α-hetero) is 1. The molecule has 1 aromatic rings. The van der Waals surface area contributed by atoms with Crippen molar-refractivity contribution in [1.82, 2.24) is 4.98 Å². The second-order valence-corrected chi connectivity index (χ2v) is 10.6. The Morgan fingerprint density at radius 1 is 1.27 bits per heavy atom. The van der Waals surface area contributed by atoms with E-state index in [1.807, 2.05) is 25.1 Å². The molecule has 4 heteroatoms. The Labute approximate surface area is 180 Å². The van der Waals surface area contributed by atoms with Gasteiger partial charge in [-0.1, -0.05) is 39.8 Å². The first-order chi connectivity index (χ1) is 14.1. The van der Waals surface area contributed by atoms with Crippen molar-refractivity contribution in [3.05, 3.63) is 48.3 Å². The largest absolute Gasteiger partial charge is 0.392 e. The third-order valence-electron chi connectivity index (χ3n) is 9.30. The third-order valence-corrected chi connectivity index (χ3v) is 9.30. The first-order valence-electron chi connectivity index (χ1n) is 11.2. The molecule has 1 aromatic heterocycles. The molecule has 0 aromatic carbocycles. The van der Waals surface area contributed by atoms with Gasteiger partial charge in [0.1, 0.15) is 0 Å². The lowest BCUT2D eigenvalue weighted by Gasteiger charge is -2.61. The fraction of sp³-hybridized carbons (Fsp3) is 0.615. The van der Waals surface area contributed by atoms with E-state index in [1.54, 1.807) is 18.5 Å². The van der Waals surface area contributed by atoms with Crippen LogP contribution in [0.4, 0.5) is 0 Å². The molecule has 0 unspecified atom stereocenters. The molecule has 4 rings (SSSR count). The maximum Gasteiger partial charge on any atom is 0.163 e. The van der Waals surface area contributed by atoms with Gasteiger partial charge in [-0.3, -0.25) is 9.78 Å². The first kappa shape index (κ1) is 21.5. The smallest absolute Gasteiger partial charge is 0.163 e. The molecule has 2 bridgehead atoms. The zero-order valence-electron chi connectivity index (χ0n) is 18.6. The number of rotatable bonds is 2. The van der Waals surface area contributed by atoms with Gasteiger partial charge in [0.15, 0.2) is 5.78 Å². The van der Waals surface area contributed by atoms with Crippen molar-refractivity contribution >= 4 is 11.9 Å². The van der Waals surface area contributed by atoms with E-state index in [4.69, 9.17) is 0 Å². The van der Waals surface area contributed by atoms with Crippen LogP contribution < -0.4 is 0 Å². The lowest BCUT2D eigenvalue weighted by molar-refractivity contribution is -0.191. The summed E-state index contributed by atoms with van der Waals surface area (Å²) in [6.45, 7) is 12.4. The standard InChI is InChI=1S/C26H35NO3/c1-6-24(4)14-20(28)25(5)16(2)9-10-26(17(3)23(24)30)13-19(21(29)22(25)26)12-18-8-7-11-27-15-18/h6-8,11-12,15-17,20,22-23,28,30H,1,9-10,13-14H2,2-5H3/b19-12+/t16-,17+,20-,22+,23+,24-,25+,26+/m1/s1. The van der Waals surface area contributed by atoms with Gasteiger partial charge in [-0.15, -0.1) is 6.58 Å². The van der Waals surface area contributed by atoms with Gasteiger partial charge in [-0.2, -0.15) is 0 Å². The van der Waals surface area contributed by atoms with Gasteiger partial charge in [-0.05, 0) is 66.2 Å². The molecule has 0 amide bonds. The zero-order chi connectivity index (χ0) is 21.9. The molecule has 0 saturated heterocycles. The Bertz CT molecular complexity index is 880. The number of hydrogen-bond donors (Lipinski definition) is 2.